The highest BCUT2D eigenvalue weighted by Gasteiger charge is 2.37. The number of likely N-dealkylation sites (N-methyl/N-ethyl adjacent to an activating group) is 1. The summed E-state index contributed by atoms with van der Waals surface area (Å²) >= 11 is 1.27. The molecule has 1 aromatic heterocycles. The number of hydrogen-bond acceptors (Lipinski definition) is 5. The summed E-state index contributed by atoms with van der Waals surface area (Å²) in [6.07, 6.45) is 2.53. The van der Waals surface area contributed by atoms with Gasteiger partial charge in [-0.1, -0.05) is 0 Å². The van der Waals surface area contributed by atoms with Gasteiger partial charge >= 0.3 is 5.97 Å². The van der Waals surface area contributed by atoms with Gasteiger partial charge in [-0.15, -0.1) is 0 Å². The molecule has 0 radical (unpaired) electrons. The van der Waals surface area contributed by atoms with Gasteiger partial charge in [-0.2, -0.15) is 4.37 Å². The number of benzene rings is 1. The maximum absolute atomic E-state index is 11.1. The van der Waals surface area contributed by atoms with Gasteiger partial charge in [0.05, 0.1) is 4.70 Å². The van der Waals surface area contributed by atoms with E-state index in [0.717, 1.165) is 23.2 Å². The third-order valence-corrected chi connectivity index (χ3v) is 5.60. The van der Waals surface area contributed by atoms with Crippen LogP contribution in [0.5, 0.6) is 0 Å². The van der Waals surface area contributed by atoms with Crippen LogP contribution in [0.4, 0.5) is 5.69 Å². The number of anilines is 1. The summed E-state index contributed by atoms with van der Waals surface area (Å²) in [7, 11) is 2.21. The molecule has 2 unspecified atom stereocenters. The molecular weight excluding hydrogens is 286 g/mol. The lowest BCUT2D eigenvalue weighted by Crippen LogP contribution is -2.61. The number of piperazine rings is 1. The van der Waals surface area contributed by atoms with E-state index in [1.807, 2.05) is 12.1 Å². The molecule has 21 heavy (non-hydrogen) atoms. The lowest BCUT2D eigenvalue weighted by Gasteiger charge is -2.51. The molecule has 0 amide bonds. The van der Waals surface area contributed by atoms with E-state index in [4.69, 9.17) is 5.11 Å². The maximum Gasteiger partial charge on any atom is 0.356 e. The number of nitrogens with zero attached hydrogens (tertiary/aromatic N) is 3. The molecule has 6 heteroatoms. The van der Waals surface area contributed by atoms with Crippen LogP contribution in [0.1, 0.15) is 23.3 Å². The number of aromatic carboxylic acids is 1. The second-order valence-electron chi connectivity index (χ2n) is 5.99. The van der Waals surface area contributed by atoms with Crippen LogP contribution in [0.25, 0.3) is 10.1 Å². The molecule has 5 rings (SSSR count). The molecule has 2 bridgehead atoms. The fourth-order valence-electron chi connectivity index (χ4n) is 3.61. The predicted octanol–water partition coefficient (Wildman–Crippen LogP) is 2.28. The average Bonchev–Trinajstić information content (AvgIpc) is 2.90. The molecule has 3 aliphatic rings. The minimum Gasteiger partial charge on any atom is -0.476 e. The van der Waals surface area contributed by atoms with E-state index in [0.29, 0.717) is 12.1 Å². The minimum atomic E-state index is -0.951. The van der Waals surface area contributed by atoms with Crippen LogP contribution < -0.4 is 4.90 Å². The van der Waals surface area contributed by atoms with Gasteiger partial charge in [0.15, 0.2) is 5.69 Å². The molecule has 2 aromatic rings. The van der Waals surface area contributed by atoms with Crippen molar-refractivity contribution in [2.45, 2.75) is 24.9 Å². The molecule has 3 fully saturated rings. The fraction of sp³-hybridized carbons (Fsp3) is 0.467. The number of carbonyl (C=O) groups is 1. The van der Waals surface area contributed by atoms with Gasteiger partial charge < -0.3 is 10.0 Å². The SMILES string of the molecule is CN1CC2CCC1CN2c1ccc2c(C(=O)O)nsc2c1. The number of fused-ring (bicyclic) bond motifs is 4. The molecule has 1 N–H and O–H groups in total. The average molecular weight is 303 g/mol. The third kappa shape index (κ3) is 2.01. The van der Waals surface area contributed by atoms with E-state index >= 15 is 0 Å². The number of aromatic nitrogens is 1. The summed E-state index contributed by atoms with van der Waals surface area (Å²) in [6, 6.07) is 7.26. The van der Waals surface area contributed by atoms with Crippen molar-refractivity contribution in [1.29, 1.82) is 0 Å². The van der Waals surface area contributed by atoms with Crippen LogP contribution in [0, 0.1) is 0 Å². The maximum atomic E-state index is 11.1. The predicted molar refractivity (Wildman–Crippen MR) is 83.4 cm³/mol. The summed E-state index contributed by atoms with van der Waals surface area (Å²) in [5, 5.41) is 9.88. The molecule has 1 aromatic carbocycles. The lowest BCUT2D eigenvalue weighted by atomic mass is 9.91. The lowest BCUT2D eigenvalue weighted by molar-refractivity contribution is 0.0694. The van der Waals surface area contributed by atoms with Gasteiger partial charge in [-0.25, -0.2) is 4.79 Å². The van der Waals surface area contributed by atoms with E-state index in [-0.39, 0.29) is 5.69 Å². The second kappa shape index (κ2) is 4.68. The van der Waals surface area contributed by atoms with Gasteiger partial charge in [0.25, 0.3) is 0 Å². The first-order chi connectivity index (χ1) is 10.1. The Balaban J connectivity index is 1.70. The van der Waals surface area contributed by atoms with Gasteiger partial charge in [-0.05, 0) is 49.6 Å². The molecule has 2 atom stereocenters. The highest BCUT2D eigenvalue weighted by Crippen LogP contribution is 2.34. The van der Waals surface area contributed by atoms with E-state index in [1.54, 1.807) is 0 Å². The Hall–Kier alpha value is -1.66. The zero-order valence-electron chi connectivity index (χ0n) is 11.8. The first-order valence-electron chi connectivity index (χ1n) is 7.23. The first-order valence-corrected chi connectivity index (χ1v) is 8.00. The molecular formula is C15H17N3O2S. The fourth-order valence-corrected chi connectivity index (χ4v) is 4.42. The topological polar surface area (TPSA) is 56.7 Å². The molecule has 0 aliphatic carbocycles. The van der Waals surface area contributed by atoms with Crippen molar-refractivity contribution in [3.8, 4) is 0 Å². The summed E-state index contributed by atoms with van der Waals surface area (Å²) in [5.74, 6) is -0.951. The van der Waals surface area contributed by atoms with Crippen LogP contribution in [0.2, 0.25) is 0 Å². The van der Waals surface area contributed by atoms with Crippen LogP contribution in [0.3, 0.4) is 0 Å². The van der Waals surface area contributed by atoms with Crippen molar-refractivity contribution >= 4 is 33.3 Å². The second-order valence-corrected chi connectivity index (χ2v) is 6.80. The van der Waals surface area contributed by atoms with E-state index in [2.05, 4.69) is 27.3 Å². The normalized spacial score (nSPS) is 25.7. The summed E-state index contributed by atoms with van der Waals surface area (Å²) < 4.78 is 5.01. The van der Waals surface area contributed by atoms with Crippen molar-refractivity contribution in [2.75, 3.05) is 25.0 Å². The standard InChI is InChI=1S/C15H17N3O2S/c1-17-7-11-3-2-10(17)8-18(11)9-4-5-12-13(6-9)21-16-14(12)15(19)20/h4-6,10-11H,2-3,7-8H2,1H3,(H,19,20). The quantitative estimate of drug-likeness (QED) is 0.922. The Kier molecular flexibility index (Phi) is 2.90. The molecule has 5 nitrogen and oxygen atoms in total. The largest absolute Gasteiger partial charge is 0.476 e. The number of rotatable bonds is 2. The highest BCUT2D eigenvalue weighted by molar-refractivity contribution is 7.13. The summed E-state index contributed by atoms with van der Waals surface area (Å²) in [6.45, 7) is 2.18. The Morgan fingerprint density at radius 3 is 2.81 bits per heavy atom. The molecule has 0 spiro atoms. The Labute approximate surface area is 126 Å². The van der Waals surface area contributed by atoms with Crippen molar-refractivity contribution < 1.29 is 9.90 Å². The zero-order valence-corrected chi connectivity index (χ0v) is 12.6. The number of hydrogen-bond donors (Lipinski definition) is 1. The number of carboxylic acid groups (broad SMARTS) is 1. The van der Waals surface area contributed by atoms with Gasteiger partial charge in [-0.3, -0.25) is 4.90 Å². The number of piperidine rings is 2. The Bertz CT molecular complexity index is 714. The van der Waals surface area contributed by atoms with Crippen LogP contribution in [0.15, 0.2) is 18.2 Å². The first kappa shape index (κ1) is 13.0. The van der Waals surface area contributed by atoms with Crippen LogP contribution >= 0.6 is 11.5 Å². The van der Waals surface area contributed by atoms with Gasteiger partial charge in [0.2, 0.25) is 0 Å². The van der Waals surface area contributed by atoms with Crippen molar-refractivity contribution in [1.82, 2.24) is 9.27 Å². The molecule has 110 valence electrons. The van der Waals surface area contributed by atoms with Crippen molar-refractivity contribution in [2.24, 2.45) is 0 Å². The van der Waals surface area contributed by atoms with E-state index in [1.165, 1.54) is 30.1 Å². The molecule has 3 aliphatic heterocycles. The van der Waals surface area contributed by atoms with Crippen molar-refractivity contribution in [3.63, 3.8) is 0 Å². The number of carboxylic acids is 1. The molecule has 3 saturated heterocycles. The third-order valence-electron chi connectivity index (χ3n) is 4.79. The summed E-state index contributed by atoms with van der Waals surface area (Å²) in [5.41, 5.74) is 1.37. The minimum absolute atomic E-state index is 0.168. The van der Waals surface area contributed by atoms with Crippen LogP contribution in [-0.2, 0) is 0 Å². The van der Waals surface area contributed by atoms with E-state index in [9.17, 15) is 4.79 Å². The van der Waals surface area contributed by atoms with Crippen LogP contribution in [-0.4, -0.2) is 52.6 Å². The van der Waals surface area contributed by atoms with E-state index < -0.39 is 5.97 Å². The highest BCUT2D eigenvalue weighted by atomic mass is 32.1. The smallest absolute Gasteiger partial charge is 0.356 e. The summed E-state index contributed by atoms with van der Waals surface area (Å²) in [4.78, 5) is 16.1. The van der Waals surface area contributed by atoms with Gasteiger partial charge in [0, 0.05) is 36.2 Å². The Morgan fingerprint density at radius 1 is 1.33 bits per heavy atom. The molecule has 0 saturated carbocycles. The van der Waals surface area contributed by atoms with Gasteiger partial charge in [0.1, 0.15) is 0 Å². The zero-order chi connectivity index (χ0) is 14.6. The monoisotopic (exact) mass is 303 g/mol. The molecule has 4 heterocycles. The van der Waals surface area contributed by atoms with Crippen molar-refractivity contribution in [3.05, 3.63) is 23.9 Å². The Morgan fingerprint density at radius 2 is 2.14 bits per heavy atom.